The molecule has 3 rings (SSSR count). The van der Waals surface area contributed by atoms with E-state index in [9.17, 15) is 18.0 Å². The van der Waals surface area contributed by atoms with E-state index < -0.39 is 17.7 Å². The van der Waals surface area contributed by atoms with Gasteiger partial charge in [-0.2, -0.15) is 13.2 Å². The van der Waals surface area contributed by atoms with E-state index in [1.807, 2.05) is 0 Å². The van der Waals surface area contributed by atoms with E-state index in [2.05, 4.69) is 20.6 Å². The highest BCUT2D eigenvalue weighted by Gasteiger charge is 2.64. The number of hydrogen-bond donors (Lipinski definition) is 2. The maximum absolute atomic E-state index is 13.6. The predicted molar refractivity (Wildman–Crippen MR) is 77.8 cm³/mol. The fourth-order valence-corrected chi connectivity index (χ4v) is 2.15. The van der Waals surface area contributed by atoms with E-state index in [4.69, 9.17) is 0 Å². The molecule has 8 heteroatoms. The first-order valence-electron chi connectivity index (χ1n) is 6.65. The largest absolute Gasteiger partial charge is 0.442 e. The minimum Gasteiger partial charge on any atom is -0.331 e. The average Bonchev–Trinajstić information content (AvgIpc) is 2.87. The minimum absolute atomic E-state index is 0.0990. The molecule has 0 spiro atoms. The molecule has 0 saturated heterocycles. The first-order chi connectivity index (χ1) is 10.9. The minimum atomic E-state index is -4.94. The molecule has 2 N–H and O–H groups in total. The molecule has 0 saturated carbocycles. The lowest BCUT2D eigenvalue weighted by molar-refractivity contribution is -0.181. The molecule has 0 aliphatic carbocycles. The van der Waals surface area contributed by atoms with Crippen molar-refractivity contribution < 1.29 is 18.0 Å². The van der Waals surface area contributed by atoms with Gasteiger partial charge in [0.25, 0.3) is 5.91 Å². The Bertz CT molecular complexity index is 746. The summed E-state index contributed by atoms with van der Waals surface area (Å²) in [7, 11) is 0. The summed E-state index contributed by atoms with van der Waals surface area (Å²) in [5.41, 5.74) is -2.72. The molecule has 1 aliphatic heterocycles. The van der Waals surface area contributed by atoms with Crippen molar-refractivity contribution in [1.82, 2.24) is 10.3 Å². The number of carbonyl (C=O) groups is 1. The molecule has 2 heterocycles. The number of hydrogen-bond acceptors (Lipinski definition) is 4. The van der Waals surface area contributed by atoms with Gasteiger partial charge in [-0.25, -0.2) is 9.98 Å². The second-order valence-electron chi connectivity index (χ2n) is 4.83. The first kappa shape index (κ1) is 15.0. The Hall–Kier alpha value is -2.90. The number of aromatic nitrogens is 1. The molecule has 1 amide bonds. The van der Waals surface area contributed by atoms with Crippen molar-refractivity contribution >= 4 is 17.6 Å². The summed E-state index contributed by atoms with van der Waals surface area (Å²) >= 11 is 0. The molecule has 0 radical (unpaired) electrons. The summed E-state index contributed by atoms with van der Waals surface area (Å²) in [5, 5.41) is 4.30. The lowest BCUT2D eigenvalue weighted by atomic mass is 10.1. The number of nitrogens with one attached hydrogen (secondary N) is 2. The molecule has 118 valence electrons. The van der Waals surface area contributed by atoms with Gasteiger partial charge in [-0.1, -0.05) is 36.4 Å². The Labute approximate surface area is 129 Å². The third-order valence-corrected chi connectivity index (χ3v) is 3.27. The smallest absolute Gasteiger partial charge is 0.331 e. The SMILES string of the molecule is O=C1NC(c2ccccc2)=N[C@@]1(Nc1ccccn1)C(F)(F)F. The summed E-state index contributed by atoms with van der Waals surface area (Å²) in [4.78, 5) is 19.5. The molecule has 2 aromatic rings. The Balaban J connectivity index is 2.06. The van der Waals surface area contributed by atoms with Crippen molar-refractivity contribution in [1.29, 1.82) is 0 Å². The van der Waals surface area contributed by atoms with Gasteiger partial charge >= 0.3 is 11.8 Å². The van der Waals surface area contributed by atoms with E-state index in [1.54, 1.807) is 36.4 Å². The van der Waals surface area contributed by atoms with E-state index >= 15 is 0 Å². The third kappa shape index (κ3) is 2.63. The molecule has 0 bridgehead atoms. The predicted octanol–water partition coefficient (Wildman–Crippen LogP) is 2.33. The van der Waals surface area contributed by atoms with Gasteiger partial charge in [-0.15, -0.1) is 0 Å². The highest BCUT2D eigenvalue weighted by atomic mass is 19.4. The number of aliphatic imine (C=N–C) groups is 1. The highest BCUT2D eigenvalue weighted by molar-refractivity contribution is 6.16. The fraction of sp³-hybridized carbons (Fsp3) is 0.133. The van der Waals surface area contributed by atoms with Crippen LogP contribution in [0.4, 0.5) is 19.0 Å². The molecule has 0 fully saturated rings. The Morgan fingerprint density at radius 1 is 1.04 bits per heavy atom. The number of amides is 1. The van der Waals surface area contributed by atoms with Gasteiger partial charge in [-0.05, 0) is 12.1 Å². The van der Waals surface area contributed by atoms with Crippen LogP contribution in [0.5, 0.6) is 0 Å². The highest BCUT2D eigenvalue weighted by Crippen LogP contribution is 2.37. The summed E-state index contributed by atoms with van der Waals surface area (Å²) in [5.74, 6) is -1.54. The second kappa shape index (κ2) is 5.38. The van der Waals surface area contributed by atoms with Crippen LogP contribution in [0.2, 0.25) is 0 Å². The van der Waals surface area contributed by atoms with Crippen LogP contribution in [0.1, 0.15) is 5.56 Å². The maximum Gasteiger partial charge on any atom is 0.442 e. The number of amidine groups is 1. The molecule has 1 aromatic heterocycles. The number of anilines is 1. The number of halogens is 3. The van der Waals surface area contributed by atoms with E-state index in [-0.39, 0.29) is 11.7 Å². The van der Waals surface area contributed by atoms with Crippen LogP contribution < -0.4 is 10.6 Å². The Morgan fingerprint density at radius 3 is 2.35 bits per heavy atom. The summed E-state index contributed by atoms with van der Waals surface area (Å²) in [6, 6.07) is 12.5. The first-order valence-corrected chi connectivity index (χ1v) is 6.65. The maximum atomic E-state index is 13.6. The van der Waals surface area contributed by atoms with Crippen LogP contribution in [-0.4, -0.2) is 28.6 Å². The lowest BCUT2D eigenvalue weighted by Crippen LogP contribution is -2.57. The molecular weight excluding hydrogens is 309 g/mol. The van der Waals surface area contributed by atoms with Gasteiger partial charge in [0.05, 0.1) is 0 Å². The lowest BCUT2D eigenvalue weighted by Gasteiger charge is -2.27. The molecule has 1 atom stereocenters. The van der Waals surface area contributed by atoms with Gasteiger partial charge in [0.2, 0.25) is 0 Å². The molecule has 1 aliphatic rings. The van der Waals surface area contributed by atoms with Crippen LogP contribution in [0.25, 0.3) is 0 Å². The van der Waals surface area contributed by atoms with E-state index in [0.29, 0.717) is 5.56 Å². The van der Waals surface area contributed by atoms with Crippen molar-refractivity contribution in [3.63, 3.8) is 0 Å². The quantitative estimate of drug-likeness (QED) is 0.912. The number of nitrogens with zero attached hydrogens (tertiary/aromatic N) is 2. The summed E-state index contributed by atoms with van der Waals surface area (Å²) in [6.07, 6.45) is -3.62. The van der Waals surface area contributed by atoms with Crippen LogP contribution in [-0.2, 0) is 4.79 Å². The van der Waals surface area contributed by atoms with Crippen molar-refractivity contribution in [2.75, 3.05) is 5.32 Å². The monoisotopic (exact) mass is 320 g/mol. The number of benzene rings is 1. The van der Waals surface area contributed by atoms with E-state index in [0.717, 1.165) is 0 Å². The van der Waals surface area contributed by atoms with E-state index in [1.165, 1.54) is 18.3 Å². The summed E-state index contributed by atoms with van der Waals surface area (Å²) < 4.78 is 40.7. The van der Waals surface area contributed by atoms with Crippen LogP contribution in [0.15, 0.2) is 59.7 Å². The zero-order chi connectivity index (χ0) is 16.5. The van der Waals surface area contributed by atoms with Crippen molar-refractivity contribution in [3.05, 3.63) is 60.3 Å². The van der Waals surface area contributed by atoms with Gasteiger partial charge in [-0.3, -0.25) is 4.79 Å². The van der Waals surface area contributed by atoms with Crippen LogP contribution in [0.3, 0.4) is 0 Å². The van der Waals surface area contributed by atoms with Gasteiger partial charge < -0.3 is 10.6 Å². The van der Waals surface area contributed by atoms with Gasteiger partial charge in [0, 0.05) is 11.8 Å². The van der Waals surface area contributed by atoms with Crippen molar-refractivity contribution in [2.24, 2.45) is 4.99 Å². The third-order valence-electron chi connectivity index (χ3n) is 3.27. The second-order valence-corrected chi connectivity index (χ2v) is 4.83. The Kier molecular flexibility index (Phi) is 3.51. The molecular formula is C15H11F3N4O. The average molecular weight is 320 g/mol. The van der Waals surface area contributed by atoms with Gasteiger partial charge in [0.15, 0.2) is 0 Å². The normalized spacial score (nSPS) is 20.8. The number of pyridine rings is 1. The number of alkyl halides is 3. The zero-order valence-electron chi connectivity index (χ0n) is 11.6. The summed E-state index contributed by atoms with van der Waals surface area (Å²) in [6.45, 7) is 0. The van der Waals surface area contributed by atoms with Crippen LogP contribution >= 0.6 is 0 Å². The molecule has 5 nitrogen and oxygen atoms in total. The number of carbonyl (C=O) groups excluding carboxylic acids is 1. The topological polar surface area (TPSA) is 66.4 Å². The number of rotatable bonds is 3. The fourth-order valence-electron chi connectivity index (χ4n) is 2.15. The van der Waals surface area contributed by atoms with Crippen LogP contribution in [0, 0.1) is 0 Å². The van der Waals surface area contributed by atoms with Crippen molar-refractivity contribution in [3.8, 4) is 0 Å². The Morgan fingerprint density at radius 2 is 1.74 bits per heavy atom. The van der Waals surface area contributed by atoms with Crippen molar-refractivity contribution in [2.45, 2.75) is 11.8 Å². The molecule has 23 heavy (non-hydrogen) atoms. The standard InChI is InChI=1S/C15H11F3N4O/c16-15(17,18)14(21-11-8-4-5-9-19-11)13(23)20-12(22-14)10-6-2-1-3-7-10/h1-9H,(H,19,21)(H,20,22,23)/t14-/m1/s1. The zero-order valence-corrected chi connectivity index (χ0v) is 11.6. The van der Waals surface area contributed by atoms with Gasteiger partial charge in [0.1, 0.15) is 11.7 Å². The molecule has 0 unspecified atom stereocenters. The molecule has 1 aromatic carbocycles.